The molecule has 0 amide bonds. The van der Waals surface area contributed by atoms with Crippen LogP contribution in [-0.2, 0) is 9.47 Å². The van der Waals surface area contributed by atoms with Crippen LogP contribution in [0.5, 0.6) is 0 Å². The third kappa shape index (κ3) is 11.9. The van der Waals surface area contributed by atoms with E-state index < -0.39 is 0 Å². The Hall–Kier alpha value is -0.120. The van der Waals surface area contributed by atoms with Gasteiger partial charge >= 0.3 is 0 Å². The number of nitrogens with two attached hydrogens (primary N) is 1. The lowest BCUT2D eigenvalue weighted by atomic mass is 10.2. The topological polar surface area (TPSA) is 44.5 Å². The number of rotatable bonds is 10. The van der Waals surface area contributed by atoms with E-state index in [1.807, 2.05) is 0 Å². The first-order chi connectivity index (χ1) is 6.41. The summed E-state index contributed by atoms with van der Waals surface area (Å²) in [7, 11) is 0. The van der Waals surface area contributed by atoms with Crippen molar-refractivity contribution in [2.24, 2.45) is 5.73 Å². The lowest BCUT2D eigenvalue weighted by Crippen LogP contribution is -2.12. The fourth-order valence-electron chi connectivity index (χ4n) is 1.04. The Balaban J connectivity index is 2.76. The Morgan fingerprint density at radius 2 is 1.54 bits per heavy atom. The van der Waals surface area contributed by atoms with E-state index in [4.69, 9.17) is 15.2 Å². The van der Waals surface area contributed by atoms with Crippen LogP contribution in [0.1, 0.15) is 32.6 Å². The highest BCUT2D eigenvalue weighted by Gasteiger charge is 1.89. The number of unbranched alkanes of at least 4 members (excludes halogenated alkanes) is 3. The normalized spacial score (nSPS) is 10.6. The zero-order valence-electron chi connectivity index (χ0n) is 8.76. The number of hydrogen-bond donors (Lipinski definition) is 1. The van der Waals surface area contributed by atoms with Crippen LogP contribution in [0, 0.1) is 0 Å². The highest BCUT2D eigenvalue weighted by molar-refractivity contribution is 4.39. The van der Waals surface area contributed by atoms with Crippen molar-refractivity contribution in [1.29, 1.82) is 0 Å². The summed E-state index contributed by atoms with van der Waals surface area (Å²) in [5.74, 6) is 0. The predicted octanol–water partition coefficient (Wildman–Crippen LogP) is 1.56. The van der Waals surface area contributed by atoms with Gasteiger partial charge in [0.1, 0.15) is 0 Å². The number of hydrogen-bond acceptors (Lipinski definition) is 3. The van der Waals surface area contributed by atoms with Crippen LogP contribution in [0.25, 0.3) is 0 Å². The quantitative estimate of drug-likeness (QED) is 0.530. The summed E-state index contributed by atoms with van der Waals surface area (Å²) in [5.41, 5.74) is 5.26. The van der Waals surface area contributed by atoms with Gasteiger partial charge in [0.15, 0.2) is 0 Å². The van der Waals surface area contributed by atoms with Crippen LogP contribution in [0.15, 0.2) is 0 Å². The van der Waals surface area contributed by atoms with Crippen molar-refractivity contribution in [3.63, 3.8) is 0 Å². The van der Waals surface area contributed by atoms with E-state index in [0.29, 0.717) is 26.4 Å². The maximum absolute atomic E-state index is 5.36. The lowest BCUT2D eigenvalue weighted by molar-refractivity contribution is 0.0492. The van der Waals surface area contributed by atoms with Crippen molar-refractivity contribution >= 4 is 0 Å². The Kier molecular flexibility index (Phi) is 11.8. The lowest BCUT2D eigenvalue weighted by Gasteiger charge is -2.04. The molecule has 0 unspecified atom stereocenters. The second kappa shape index (κ2) is 11.9. The van der Waals surface area contributed by atoms with Gasteiger partial charge in [0, 0.05) is 13.2 Å². The SMILES string of the molecule is CCCCCCOCCOCCN. The highest BCUT2D eigenvalue weighted by Crippen LogP contribution is 1.98. The van der Waals surface area contributed by atoms with Crippen molar-refractivity contribution in [2.45, 2.75) is 32.6 Å². The molecule has 0 radical (unpaired) electrons. The summed E-state index contributed by atoms with van der Waals surface area (Å²) >= 11 is 0. The third-order valence-corrected chi connectivity index (χ3v) is 1.78. The minimum absolute atomic E-state index is 0.594. The zero-order valence-corrected chi connectivity index (χ0v) is 8.76. The van der Waals surface area contributed by atoms with E-state index in [1.54, 1.807) is 0 Å². The van der Waals surface area contributed by atoms with Gasteiger partial charge in [-0.05, 0) is 6.42 Å². The average Bonchev–Trinajstić information content (AvgIpc) is 2.16. The molecule has 0 fully saturated rings. The molecule has 0 aromatic carbocycles. The van der Waals surface area contributed by atoms with Crippen LogP contribution in [0.3, 0.4) is 0 Å². The smallest absolute Gasteiger partial charge is 0.0701 e. The predicted molar refractivity (Wildman–Crippen MR) is 54.8 cm³/mol. The maximum atomic E-state index is 5.36. The van der Waals surface area contributed by atoms with Crippen molar-refractivity contribution in [2.75, 3.05) is 33.0 Å². The molecule has 3 nitrogen and oxygen atoms in total. The summed E-state index contributed by atoms with van der Waals surface area (Å²) in [4.78, 5) is 0. The summed E-state index contributed by atoms with van der Waals surface area (Å²) in [6, 6.07) is 0. The van der Waals surface area contributed by atoms with Crippen molar-refractivity contribution in [3.05, 3.63) is 0 Å². The van der Waals surface area contributed by atoms with Gasteiger partial charge in [0.05, 0.1) is 19.8 Å². The van der Waals surface area contributed by atoms with Crippen LogP contribution < -0.4 is 5.73 Å². The van der Waals surface area contributed by atoms with E-state index >= 15 is 0 Å². The van der Waals surface area contributed by atoms with Crippen molar-refractivity contribution in [1.82, 2.24) is 0 Å². The molecule has 0 saturated carbocycles. The maximum Gasteiger partial charge on any atom is 0.0701 e. The summed E-state index contributed by atoms with van der Waals surface area (Å²) in [5, 5.41) is 0. The van der Waals surface area contributed by atoms with Crippen molar-refractivity contribution < 1.29 is 9.47 Å². The van der Waals surface area contributed by atoms with Crippen LogP contribution in [0.4, 0.5) is 0 Å². The molecule has 0 rings (SSSR count). The molecule has 0 heterocycles. The Morgan fingerprint density at radius 1 is 0.846 bits per heavy atom. The molecule has 0 atom stereocenters. The summed E-state index contributed by atoms with van der Waals surface area (Å²) < 4.78 is 10.5. The molecule has 0 aromatic heterocycles. The monoisotopic (exact) mass is 189 g/mol. The molecule has 80 valence electrons. The minimum atomic E-state index is 0.594. The van der Waals surface area contributed by atoms with Gasteiger partial charge in [-0.3, -0.25) is 0 Å². The van der Waals surface area contributed by atoms with Gasteiger partial charge in [-0.2, -0.15) is 0 Å². The Morgan fingerprint density at radius 3 is 2.15 bits per heavy atom. The third-order valence-electron chi connectivity index (χ3n) is 1.78. The fourth-order valence-corrected chi connectivity index (χ4v) is 1.04. The van der Waals surface area contributed by atoms with Gasteiger partial charge in [-0.1, -0.05) is 26.2 Å². The molecule has 0 aliphatic carbocycles. The van der Waals surface area contributed by atoms with Gasteiger partial charge in [0.2, 0.25) is 0 Å². The van der Waals surface area contributed by atoms with Crippen LogP contribution >= 0.6 is 0 Å². The minimum Gasteiger partial charge on any atom is -0.379 e. The van der Waals surface area contributed by atoms with E-state index in [0.717, 1.165) is 6.61 Å². The van der Waals surface area contributed by atoms with E-state index in [-0.39, 0.29) is 0 Å². The second-order valence-corrected chi connectivity index (χ2v) is 3.07. The van der Waals surface area contributed by atoms with Gasteiger partial charge < -0.3 is 15.2 Å². The van der Waals surface area contributed by atoms with Crippen molar-refractivity contribution in [3.8, 4) is 0 Å². The molecule has 3 heteroatoms. The molecule has 0 aliphatic heterocycles. The standard InChI is InChI=1S/C10H23NO2/c1-2-3-4-5-7-12-9-10-13-8-6-11/h2-11H2,1H3. The Labute approximate surface area is 81.6 Å². The van der Waals surface area contributed by atoms with E-state index in [2.05, 4.69) is 6.92 Å². The molecular weight excluding hydrogens is 166 g/mol. The first-order valence-electron chi connectivity index (χ1n) is 5.27. The average molecular weight is 189 g/mol. The van der Waals surface area contributed by atoms with Gasteiger partial charge in [-0.25, -0.2) is 0 Å². The van der Waals surface area contributed by atoms with Crippen LogP contribution in [0.2, 0.25) is 0 Å². The number of ether oxygens (including phenoxy) is 2. The first-order valence-corrected chi connectivity index (χ1v) is 5.27. The fraction of sp³-hybridized carbons (Fsp3) is 1.00. The summed E-state index contributed by atoms with van der Waals surface area (Å²) in [6.45, 7) is 5.68. The van der Waals surface area contributed by atoms with E-state index in [1.165, 1.54) is 25.7 Å². The molecule has 2 N–H and O–H groups in total. The Bertz CT molecular complexity index is 79.0. The first kappa shape index (κ1) is 12.9. The summed E-state index contributed by atoms with van der Waals surface area (Å²) in [6.07, 6.45) is 5.04. The molecule has 0 saturated heterocycles. The highest BCUT2D eigenvalue weighted by atomic mass is 16.5. The molecule has 0 aliphatic rings. The largest absolute Gasteiger partial charge is 0.379 e. The van der Waals surface area contributed by atoms with Crippen LogP contribution in [-0.4, -0.2) is 33.0 Å². The van der Waals surface area contributed by atoms with Gasteiger partial charge in [-0.15, -0.1) is 0 Å². The molecule has 0 aromatic rings. The molecule has 13 heavy (non-hydrogen) atoms. The molecule has 0 spiro atoms. The van der Waals surface area contributed by atoms with Gasteiger partial charge in [0.25, 0.3) is 0 Å². The van der Waals surface area contributed by atoms with E-state index in [9.17, 15) is 0 Å². The second-order valence-electron chi connectivity index (χ2n) is 3.07. The molecule has 0 bridgehead atoms. The zero-order chi connectivity index (χ0) is 9.78. The molecular formula is C10H23NO2.